The summed E-state index contributed by atoms with van der Waals surface area (Å²) in [5.74, 6) is 0. The van der Waals surface area contributed by atoms with Crippen molar-refractivity contribution < 1.29 is 4.12 Å². The third-order valence-corrected chi connectivity index (χ3v) is 13.9. The van der Waals surface area contributed by atoms with Crippen molar-refractivity contribution in [2.75, 3.05) is 0 Å². The van der Waals surface area contributed by atoms with E-state index < -0.39 is 16.6 Å². The Hall–Kier alpha value is 0.394. The van der Waals surface area contributed by atoms with Crippen LogP contribution in [0.2, 0.25) is 38.3 Å². The van der Waals surface area contributed by atoms with E-state index in [1.54, 1.807) is 0 Å². The van der Waals surface area contributed by atoms with Gasteiger partial charge in [0.1, 0.15) is 0 Å². The molecular formula is C26H58OSi2. The first kappa shape index (κ1) is 29.4. The molecule has 29 heavy (non-hydrogen) atoms. The molecule has 0 spiro atoms. The van der Waals surface area contributed by atoms with Crippen LogP contribution in [0.15, 0.2) is 0 Å². The molecular weight excluding hydrogens is 384 g/mol. The molecule has 0 amide bonds. The van der Waals surface area contributed by atoms with Crippen LogP contribution in [0.4, 0.5) is 0 Å². The molecule has 0 radical (unpaired) electrons. The average molecular weight is 443 g/mol. The molecule has 0 bridgehead atoms. The van der Waals surface area contributed by atoms with Gasteiger partial charge < -0.3 is 4.12 Å². The molecule has 0 aromatic rings. The van der Waals surface area contributed by atoms with E-state index in [1.807, 2.05) is 0 Å². The van der Waals surface area contributed by atoms with Gasteiger partial charge in [0.05, 0.1) is 0 Å². The van der Waals surface area contributed by atoms with Crippen LogP contribution in [0.25, 0.3) is 0 Å². The van der Waals surface area contributed by atoms with Crippen LogP contribution in [0, 0.1) is 0 Å². The Bertz CT molecular complexity index is 310. The van der Waals surface area contributed by atoms with E-state index in [0.717, 1.165) is 0 Å². The maximum atomic E-state index is 6.85. The molecule has 0 unspecified atom stereocenters. The zero-order valence-corrected chi connectivity index (χ0v) is 23.6. The zero-order chi connectivity index (χ0) is 21.8. The van der Waals surface area contributed by atoms with Gasteiger partial charge in [0.25, 0.3) is 0 Å². The van der Waals surface area contributed by atoms with Crippen LogP contribution in [0.5, 0.6) is 0 Å². The zero-order valence-electron chi connectivity index (χ0n) is 21.6. The Morgan fingerprint density at radius 3 is 0.897 bits per heavy atom. The molecule has 0 aromatic carbocycles. The molecule has 0 fully saturated rings. The van der Waals surface area contributed by atoms with Crippen molar-refractivity contribution in [1.82, 2.24) is 0 Å². The van der Waals surface area contributed by atoms with Crippen LogP contribution in [0.3, 0.4) is 0 Å². The second-order valence-corrected chi connectivity index (χ2v) is 19.6. The van der Waals surface area contributed by atoms with E-state index in [0.29, 0.717) is 0 Å². The second kappa shape index (κ2) is 19.1. The van der Waals surface area contributed by atoms with E-state index in [9.17, 15) is 0 Å². The van der Waals surface area contributed by atoms with E-state index >= 15 is 0 Å². The van der Waals surface area contributed by atoms with Crippen molar-refractivity contribution in [3.63, 3.8) is 0 Å². The maximum Gasteiger partial charge on any atom is 0.173 e. The minimum absolute atomic E-state index is 1.36. The van der Waals surface area contributed by atoms with Gasteiger partial charge in [-0.15, -0.1) is 0 Å². The Morgan fingerprint density at radius 2 is 0.621 bits per heavy atom. The van der Waals surface area contributed by atoms with Crippen molar-refractivity contribution in [3.8, 4) is 0 Å². The molecule has 1 nitrogen and oxygen atoms in total. The molecule has 0 saturated heterocycles. The van der Waals surface area contributed by atoms with Gasteiger partial charge in [-0.2, -0.15) is 0 Å². The first-order valence-corrected chi connectivity index (χ1v) is 19.8. The Labute approximate surface area is 188 Å². The molecule has 0 saturated carbocycles. The number of hydrogen-bond acceptors (Lipinski definition) is 1. The van der Waals surface area contributed by atoms with Crippen molar-refractivity contribution in [2.45, 2.75) is 168 Å². The Balaban J connectivity index is 3.69. The smallest absolute Gasteiger partial charge is 0.173 e. The molecule has 0 aliphatic heterocycles. The van der Waals surface area contributed by atoms with Crippen molar-refractivity contribution in [1.29, 1.82) is 0 Å². The van der Waals surface area contributed by atoms with E-state index in [2.05, 4.69) is 40.0 Å². The monoisotopic (exact) mass is 442 g/mol. The van der Waals surface area contributed by atoms with Gasteiger partial charge in [-0.05, 0) is 38.3 Å². The molecule has 0 N–H and O–H groups in total. The number of hydrogen-bond donors (Lipinski definition) is 0. The summed E-state index contributed by atoms with van der Waals surface area (Å²) in [5.41, 5.74) is 0. The normalized spacial score (nSPS) is 12.6. The summed E-state index contributed by atoms with van der Waals surface area (Å²) in [4.78, 5) is 0. The highest BCUT2D eigenvalue weighted by Crippen LogP contribution is 2.26. The lowest BCUT2D eigenvalue weighted by Crippen LogP contribution is -2.44. The molecule has 0 aliphatic carbocycles. The minimum atomic E-state index is -1.46. The highest BCUT2D eigenvalue weighted by Gasteiger charge is 2.32. The predicted molar refractivity (Wildman–Crippen MR) is 140 cm³/mol. The van der Waals surface area contributed by atoms with Gasteiger partial charge >= 0.3 is 0 Å². The van der Waals surface area contributed by atoms with Gasteiger partial charge in [0.15, 0.2) is 16.6 Å². The lowest BCUT2D eigenvalue weighted by Gasteiger charge is -2.34. The van der Waals surface area contributed by atoms with Gasteiger partial charge in [-0.3, -0.25) is 0 Å². The second-order valence-electron chi connectivity index (χ2n) is 10.8. The largest absolute Gasteiger partial charge is 0.455 e. The van der Waals surface area contributed by atoms with Gasteiger partial charge in [0.2, 0.25) is 0 Å². The third kappa shape index (κ3) is 21.4. The standard InChI is InChI=1S/C26H58OSi2/c1-7-9-11-13-15-17-19-21-23-25-28(3,4)27-29(5,6)26-24-22-20-18-16-14-12-10-8-2/h7-26H2,1-6H3. The summed E-state index contributed by atoms with van der Waals surface area (Å²) in [5, 5.41) is 0. The average Bonchev–Trinajstić information content (AvgIpc) is 2.64. The molecule has 176 valence electrons. The first-order valence-electron chi connectivity index (χ1n) is 13.5. The fourth-order valence-electron chi connectivity index (χ4n) is 4.57. The fourth-order valence-corrected chi connectivity index (χ4v) is 13.6. The summed E-state index contributed by atoms with van der Waals surface area (Å²) in [6.45, 7) is 14.5. The molecule has 0 heterocycles. The van der Waals surface area contributed by atoms with Gasteiger partial charge in [-0.1, -0.05) is 129 Å². The topological polar surface area (TPSA) is 9.23 Å². The number of rotatable bonds is 22. The summed E-state index contributed by atoms with van der Waals surface area (Å²) < 4.78 is 6.85. The number of unbranched alkanes of at least 4 members (excludes halogenated alkanes) is 16. The fraction of sp³-hybridized carbons (Fsp3) is 1.00. The van der Waals surface area contributed by atoms with Crippen LogP contribution >= 0.6 is 0 Å². The van der Waals surface area contributed by atoms with Gasteiger partial charge in [0, 0.05) is 0 Å². The highest BCUT2D eigenvalue weighted by atomic mass is 28.4. The van der Waals surface area contributed by atoms with E-state index in [4.69, 9.17) is 4.12 Å². The molecule has 0 aromatic heterocycles. The predicted octanol–water partition coefficient (Wildman–Crippen LogP) is 10.5. The lowest BCUT2D eigenvalue weighted by molar-refractivity contribution is 0.516. The van der Waals surface area contributed by atoms with Crippen LogP contribution < -0.4 is 0 Å². The van der Waals surface area contributed by atoms with Crippen LogP contribution in [-0.2, 0) is 4.12 Å². The van der Waals surface area contributed by atoms with Crippen molar-refractivity contribution >= 4 is 16.6 Å². The summed E-state index contributed by atoms with van der Waals surface area (Å²) in [6.07, 6.45) is 25.7. The lowest BCUT2D eigenvalue weighted by atomic mass is 10.1. The van der Waals surface area contributed by atoms with Crippen LogP contribution in [-0.4, -0.2) is 16.6 Å². The summed E-state index contributed by atoms with van der Waals surface area (Å²) in [7, 11) is -2.91. The summed E-state index contributed by atoms with van der Waals surface area (Å²) in [6, 6.07) is 2.74. The molecule has 0 rings (SSSR count). The first-order chi connectivity index (χ1) is 13.8. The quantitative estimate of drug-likeness (QED) is 0.120. The maximum absolute atomic E-state index is 6.85. The van der Waals surface area contributed by atoms with Crippen LogP contribution in [0.1, 0.15) is 129 Å². The van der Waals surface area contributed by atoms with E-state index in [-0.39, 0.29) is 0 Å². The minimum Gasteiger partial charge on any atom is -0.455 e. The molecule has 0 aliphatic rings. The molecule has 0 atom stereocenters. The Morgan fingerprint density at radius 1 is 0.379 bits per heavy atom. The Kier molecular flexibility index (Phi) is 19.4. The SMILES string of the molecule is CCCCCCCCCCC[Si](C)(C)O[Si](C)(C)CCCCCCCCCCC. The highest BCUT2D eigenvalue weighted by molar-refractivity contribution is 6.84. The van der Waals surface area contributed by atoms with E-state index in [1.165, 1.54) is 128 Å². The van der Waals surface area contributed by atoms with Gasteiger partial charge in [-0.25, -0.2) is 0 Å². The third-order valence-electron chi connectivity index (χ3n) is 6.32. The molecule has 3 heteroatoms. The van der Waals surface area contributed by atoms with Crippen molar-refractivity contribution in [3.05, 3.63) is 0 Å². The summed E-state index contributed by atoms with van der Waals surface area (Å²) >= 11 is 0. The van der Waals surface area contributed by atoms with Crippen molar-refractivity contribution in [2.24, 2.45) is 0 Å².